The average Bonchev–Trinajstić information content (AvgIpc) is 3.11. The maximum atomic E-state index is 6.36. The zero-order valence-corrected chi connectivity index (χ0v) is 14.8. The molecule has 0 fully saturated rings. The standard InChI is InChI=1S/C22H19ClN2/c1-16-19(23)13-8-14-21(16)25-22(18-11-6-3-7-12-18)15-20(24-25)17-9-4-2-5-10-17/h2-14,22H,15H2,1H3. The van der Waals surface area contributed by atoms with Crippen molar-refractivity contribution in [2.75, 3.05) is 5.01 Å². The Hall–Kier alpha value is -2.58. The highest BCUT2D eigenvalue weighted by Gasteiger charge is 2.30. The molecule has 1 unspecified atom stereocenters. The Balaban J connectivity index is 1.81. The molecule has 0 amide bonds. The summed E-state index contributed by atoms with van der Waals surface area (Å²) in [6.07, 6.45) is 0.875. The van der Waals surface area contributed by atoms with Gasteiger partial charge in [-0.2, -0.15) is 5.10 Å². The van der Waals surface area contributed by atoms with E-state index < -0.39 is 0 Å². The minimum absolute atomic E-state index is 0.175. The van der Waals surface area contributed by atoms with Crippen molar-refractivity contribution in [2.45, 2.75) is 19.4 Å². The molecular weight excluding hydrogens is 328 g/mol. The van der Waals surface area contributed by atoms with Crippen LogP contribution >= 0.6 is 11.6 Å². The number of hydrogen-bond donors (Lipinski definition) is 0. The summed E-state index contributed by atoms with van der Waals surface area (Å²) < 4.78 is 0. The number of nitrogens with zero attached hydrogens (tertiary/aromatic N) is 2. The number of anilines is 1. The molecule has 3 aromatic carbocycles. The minimum Gasteiger partial charge on any atom is -0.257 e. The first-order chi connectivity index (χ1) is 12.2. The van der Waals surface area contributed by atoms with Crippen molar-refractivity contribution in [3.63, 3.8) is 0 Å². The third-order valence-corrected chi connectivity index (χ3v) is 5.10. The summed E-state index contributed by atoms with van der Waals surface area (Å²) in [5.41, 5.74) is 5.66. The second-order valence-corrected chi connectivity index (χ2v) is 6.68. The monoisotopic (exact) mass is 346 g/mol. The number of hydrogen-bond acceptors (Lipinski definition) is 2. The molecule has 25 heavy (non-hydrogen) atoms. The third kappa shape index (κ3) is 3.06. The fourth-order valence-corrected chi connectivity index (χ4v) is 3.49. The Labute approximate surface area is 153 Å². The van der Waals surface area contributed by atoms with Gasteiger partial charge in [-0.15, -0.1) is 0 Å². The van der Waals surface area contributed by atoms with Crippen LogP contribution in [0.3, 0.4) is 0 Å². The normalized spacial score (nSPS) is 16.8. The molecule has 1 heterocycles. The highest BCUT2D eigenvalue weighted by atomic mass is 35.5. The van der Waals surface area contributed by atoms with Crippen LogP contribution in [0.25, 0.3) is 0 Å². The van der Waals surface area contributed by atoms with Crippen LogP contribution < -0.4 is 5.01 Å². The molecule has 3 aromatic rings. The van der Waals surface area contributed by atoms with Crippen LogP contribution in [-0.2, 0) is 0 Å². The van der Waals surface area contributed by atoms with Gasteiger partial charge in [0.1, 0.15) is 0 Å². The summed E-state index contributed by atoms with van der Waals surface area (Å²) in [6, 6.07) is 27.1. The molecule has 0 bridgehead atoms. The van der Waals surface area contributed by atoms with E-state index >= 15 is 0 Å². The first kappa shape index (κ1) is 15.9. The molecule has 0 saturated carbocycles. The lowest BCUT2D eigenvalue weighted by molar-refractivity contribution is 0.707. The summed E-state index contributed by atoms with van der Waals surface area (Å²) in [5, 5.41) is 7.87. The van der Waals surface area contributed by atoms with Crippen molar-refractivity contribution < 1.29 is 0 Å². The Morgan fingerprint density at radius 2 is 1.56 bits per heavy atom. The highest BCUT2D eigenvalue weighted by Crippen LogP contribution is 2.39. The first-order valence-corrected chi connectivity index (χ1v) is 8.84. The predicted molar refractivity (Wildman–Crippen MR) is 105 cm³/mol. The second-order valence-electron chi connectivity index (χ2n) is 6.27. The van der Waals surface area contributed by atoms with E-state index in [4.69, 9.17) is 16.7 Å². The van der Waals surface area contributed by atoms with E-state index in [9.17, 15) is 0 Å². The smallest absolute Gasteiger partial charge is 0.0831 e. The van der Waals surface area contributed by atoms with Crippen molar-refractivity contribution in [2.24, 2.45) is 5.10 Å². The molecule has 3 heteroatoms. The van der Waals surface area contributed by atoms with Gasteiger partial charge < -0.3 is 0 Å². The summed E-state index contributed by atoms with van der Waals surface area (Å²) in [4.78, 5) is 0. The molecule has 0 aliphatic carbocycles. The molecule has 0 saturated heterocycles. The molecule has 4 rings (SSSR count). The molecule has 2 nitrogen and oxygen atoms in total. The Bertz CT molecular complexity index is 904. The molecule has 1 atom stereocenters. The van der Waals surface area contributed by atoms with E-state index in [0.29, 0.717) is 0 Å². The minimum atomic E-state index is 0.175. The van der Waals surface area contributed by atoms with Crippen LogP contribution in [-0.4, -0.2) is 5.71 Å². The van der Waals surface area contributed by atoms with Crippen molar-refractivity contribution in [3.05, 3.63) is 101 Å². The van der Waals surface area contributed by atoms with Gasteiger partial charge in [0.15, 0.2) is 0 Å². The first-order valence-electron chi connectivity index (χ1n) is 8.46. The molecule has 0 radical (unpaired) electrons. The van der Waals surface area contributed by atoms with E-state index in [-0.39, 0.29) is 6.04 Å². The van der Waals surface area contributed by atoms with E-state index in [1.54, 1.807) is 0 Å². The summed E-state index contributed by atoms with van der Waals surface area (Å²) >= 11 is 6.36. The number of benzene rings is 3. The van der Waals surface area contributed by atoms with Gasteiger partial charge in [0.05, 0.1) is 17.4 Å². The van der Waals surface area contributed by atoms with Crippen LogP contribution in [0, 0.1) is 6.92 Å². The van der Waals surface area contributed by atoms with E-state index in [0.717, 1.165) is 28.4 Å². The molecule has 1 aliphatic rings. The van der Waals surface area contributed by atoms with E-state index in [1.807, 2.05) is 24.3 Å². The van der Waals surface area contributed by atoms with E-state index in [1.165, 1.54) is 11.1 Å². The van der Waals surface area contributed by atoms with Gasteiger partial charge in [-0.25, -0.2) is 0 Å². The average molecular weight is 347 g/mol. The fourth-order valence-electron chi connectivity index (χ4n) is 3.32. The van der Waals surface area contributed by atoms with Crippen LogP contribution in [0.4, 0.5) is 5.69 Å². The molecule has 0 spiro atoms. The number of hydrazone groups is 1. The maximum Gasteiger partial charge on any atom is 0.0831 e. The van der Waals surface area contributed by atoms with Gasteiger partial charge in [0.2, 0.25) is 0 Å². The summed E-state index contributed by atoms with van der Waals surface area (Å²) in [7, 11) is 0. The third-order valence-electron chi connectivity index (χ3n) is 4.69. The van der Waals surface area contributed by atoms with Gasteiger partial charge in [-0.3, -0.25) is 5.01 Å². The van der Waals surface area contributed by atoms with Gasteiger partial charge in [-0.05, 0) is 35.7 Å². The molecular formula is C22H19ClN2. The molecule has 124 valence electrons. The molecule has 1 aliphatic heterocycles. The number of halogens is 1. The lowest BCUT2D eigenvalue weighted by Gasteiger charge is -2.25. The lowest BCUT2D eigenvalue weighted by Crippen LogP contribution is -2.19. The molecule has 0 aromatic heterocycles. The largest absolute Gasteiger partial charge is 0.257 e. The van der Waals surface area contributed by atoms with Crippen LogP contribution in [0.15, 0.2) is 84.0 Å². The highest BCUT2D eigenvalue weighted by molar-refractivity contribution is 6.31. The van der Waals surface area contributed by atoms with Crippen molar-refractivity contribution in [1.82, 2.24) is 0 Å². The Kier molecular flexibility index (Phi) is 4.29. The topological polar surface area (TPSA) is 15.6 Å². The van der Waals surface area contributed by atoms with Gasteiger partial charge in [-0.1, -0.05) is 78.3 Å². The Morgan fingerprint density at radius 3 is 2.28 bits per heavy atom. The fraction of sp³-hybridized carbons (Fsp3) is 0.136. The quantitative estimate of drug-likeness (QED) is 0.567. The number of rotatable bonds is 3. The summed E-state index contributed by atoms with van der Waals surface area (Å²) in [6.45, 7) is 2.05. The lowest BCUT2D eigenvalue weighted by atomic mass is 9.98. The van der Waals surface area contributed by atoms with Crippen LogP contribution in [0.1, 0.15) is 29.2 Å². The molecule has 0 N–H and O–H groups in total. The SMILES string of the molecule is Cc1c(Cl)cccc1N1N=C(c2ccccc2)CC1c1ccccc1. The Morgan fingerprint density at radius 1 is 0.880 bits per heavy atom. The van der Waals surface area contributed by atoms with Gasteiger partial charge in [0.25, 0.3) is 0 Å². The second kappa shape index (κ2) is 6.73. The zero-order chi connectivity index (χ0) is 17.2. The van der Waals surface area contributed by atoms with Crippen molar-refractivity contribution in [1.29, 1.82) is 0 Å². The van der Waals surface area contributed by atoms with Crippen molar-refractivity contribution in [3.8, 4) is 0 Å². The maximum absolute atomic E-state index is 6.36. The zero-order valence-electron chi connectivity index (χ0n) is 14.1. The van der Waals surface area contributed by atoms with Gasteiger partial charge in [0, 0.05) is 11.4 Å². The van der Waals surface area contributed by atoms with Crippen LogP contribution in [0.5, 0.6) is 0 Å². The predicted octanol–water partition coefficient (Wildman–Crippen LogP) is 6.00. The van der Waals surface area contributed by atoms with Crippen molar-refractivity contribution >= 4 is 23.0 Å². The van der Waals surface area contributed by atoms with E-state index in [2.05, 4.69) is 66.5 Å². The van der Waals surface area contributed by atoms with Crippen LogP contribution in [0.2, 0.25) is 5.02 Å². The summed E-state index contributed by atoms with van der Waals surface area (Å²) in [5.74, 6) is 0. The van der Waals surface area contributed by atoms with Gasteiger partial charge >= 0.3 is 0 Å².